The quantitative estimate of drug-likeness (QED) is 0.792. The van der Waals surface area contributed by atoms with E-state index in [1.807, 2.05) is 0 Å². The zero-order valence-electron chi connectivity index (χ0n) is 7.12. The van der Waals surface area contributed by atoms with Crippen molar-refractivity contribution in [2.24, 2.45) is 0 Å². The standard InChI is InChI=1S/C8H10FNO2S/c1-13(11,12)10-6-7-2-4-8(9)5-3-7/h2-5,10H,6H2,1H3. The fraction of sp³-hybridized carbons (Fsp3) is 0.250. The molecule has 0 aliphatic carbocycles. The average Bonchev–Trinajstić information content (AvgIpc) is 2.02. The van der Waals surface area contributed by atoms with Crippen molar-refractivity contribution in [1.82, 2.24) is 4.72 Å². The lowest BCUT2D eigenvalue weighted by Gasteiger charge is -2.01. The molecule has 0 aromatic heterocycles. The van der Waals surface area contributed by atoms with E-state index in [0.29, 0.717) is 0 Å². The Hall–Kier alpha value is -0.940. The maximum atomic E-state index is 12.4. The van der Waals surface area contributed by atoms with Crippen LogP contribution in [0.15, 0.2) is 24.3 Å². The summed E-state index contributed by atoms with van der Waals surface area (Å²) in [5, 5.41) is 0. The van der Waals surface area contributed by atoms with Gasteiger partial charge in [0.25, 0.3) is 0 Å². The maximum Gasteiger partial charge on any atom is 0.209 e. The minimum absolute atomic E-state index is 0.194. The highest BCUT2D eigenvalue weighted by Crippen LogP contribution is 2.02. The monoisotopic (exact) mass is 203 g/mol. The van der Waals surface area contributed by atoms with Gasteiger partial charge in [-0.3, -0.25) is 0 Å². The van der Waals surface area contributed by atoms with Crippen LogP contribution in [0, 0.1) is 5.82 Å². The van der Waals surface area contributed by atoms with E-state index in [1.54, 1.807) is 0 Å². The Balaban J connectivity index is 2.61. The van der Waals surface area contributed by atoms with Crippen LogP contribution in [0.1, 0.15) is 5.56 Å². The molecule has 0 fully saturated rings. The van der Waals surface area contributed by atoms with E-state index >= 15 is 0 Å². The van der Waals surface area contributed by atoms with Gasteiger partial charge in [0.2, 0.25) is 10.0 Å². The number of hydrogen-bond acceptors (Lipinski definition) is 2. The highest BCUT2D eigenvalue weighted by molar-refractivity contribution is 7.88. The summed E-state index contributed by atoms with van der Waals surface area (Å²) in [6, 6.07) is 5.65. The Labute approximate surface area is 76.6 Å². The molecule has 0 spiro atoms. The van der Waals surface area contributed by atoms with E-state index in [-0.39, 0.29) is 12.4 Å². The maximum absolute atomic E-state index is 12.4. The molecule has 1 aromatic carbocycles. The Kier molecular flexibility index (Phi) is 3.00. The molecule has 0 heterocycles. The molecule has 0 unspecified atom stereocenters. The molecule has 0 aliphatic heterocycles. The van der Waals surface area contributed by atoms with Gasteiger partial charge in [-0.1, -0.05) is 12.1 Å². The normalized spacial score (nSPS) is 11.5. The number of halogens is 1. The van der Waals surface area contributed by atoms with Gasteiger partial charge in [0, 0.05) is 6.54 Å². The molecular weight excluding hydrogens is 193 g/mol. The first kappa shape index (κ1) is 10.1. The summed E-state index contributed by atoms with van der Waals surface area (Å²) >= 11 is 0. The zero-order chi connectivity index (χ0) is 9.90. The highest BCUT2D eigenvalue weighted by Gasteiger charge is 2.00. The van der Waals surface area contributed by atoms with E-state index in [4.69, 9.17) is 0 Å². The molecule has 0 amide bonds. The van der Waals surface area contributed by atoms with Crippen LogP contribution in [0.5, 0.6) is 0 Å². The van der Waals surface area contributed by atoms with Gasteiger partial charge < -0.3 is 0 Å². The lowest BCUT2D eigenvalue weighted by molar-refractivity contribution is 0.587. The van der Waals surface area contributed by atoms with Crippen molar-refractivity contribution in [1.29, 1.82) is 0 Å². The van der Waals surface area contributed by atoms with Gasteiger partial charge >= 0.3 is 0 Å². The van der Waals surface area contributed by atoms with Crippen LogP contribution in [0.2, 0.25) is 0 Å². The van der Waals surface area contributed by atoms with Crippen molar-refractivity contribution in [3.8, 4) is 0 Å². The number of nitrogens with one attached hydrogen (secondary N) is 1. The molecular formula is C8H10FNO2S. The summed E-state index contributed by atoms with van der Waals surface area (Å²) in [6.45, 7) is 0.194. The fourth-order valence-electron chi connectivity index (χ4n) is 0.817. The second-order valence-corrected chi connectivity index (χ2v) is 4.55. The van der Waals surface area contributed by atoms with Crippen molar-refractivity contribution in [2.45, 2.75) is 6.54 Å². The first-order valence-corrected chi connectivity index (χ1v) is 5.55. The Bertz CT molecular complexity index is 372. The molecule has 0 saturated carbocycles. The van der Waals surface area contributed by atoms with Crippen molar-refractivity contribution < 1.29 is 12.8 Å². The molecule has 0 bridgehead atoms. The minimum Gasteiger partial charge on any atom is -0.213 e. The van der Waals surface area contributed by atoms with E-state index in [0.717, 1.165) is 11.8 Å². The van der Waals surface area contributed by atoms with Gasteiger partial charge in [0.1, 0.15) is 5.82 Å². The van der Waals surface area contributed by atoms with Gasteiger partial charge in [-0.05, 0) is 17.7 Å². The predicted octanol–water partition coefficient (Wildman–Crippen LogP) is 0.875. The van der Waals surface area contributed by atoms with Gasteiger partial charge in [-0.25, -0.2) is 17.5 Å². The molecule has 0 radical (unpaired) electrons. The van der Waals surface area contributed by atoms with Crippen molar-refractivity contribution in [3.05, 3.63) is 35.6 Å². The lowest BCUT2D eigenvalue weighted by Crippen LogP contribution is -2.21. The Morgan fingerprint density at radius 1 is 1.31 bits per heavy atom. The second-order valence-electron chi connectivity index (χ2n) is 2.72. The van der Waals surface area contributed by atoms with E-state index in [2.05, 4.69) is 4.72 Å². The number of rotatable bonds is 3. The fourth-order valence-corrected chi connectivity index (χ4v) is 1.25. The molecule has 0 atom stereocenters. The number of hydrogen-bond donors (Lipinski definition) is 1. The molecule has 0 saturated heterocycles. The molecule has 5 heteroatoms. The van der Waals surface area contributed by atoms with Crippen LogP contribution in [-0.2, 0) is 16.6 Å². The highest BCUT2D eigenvalue weighted by atomic mass is 32.2. The summed E-state index contributed by atoms with van der Waals surface area (Å²) in [7, 11) is -3.18. The molecule has 1 aromatic rings. The first-order valence-electron chi connectivity index (χ1n) is 3.66. The largest absolute Gasteiger partial charge is 0.213 e. The summed E-state index contributed by atoms with van der Waals surface area (Å²) in [4.78, 5) is 0. The van der Waals surface area contributed by atoms with Crippen molar-refractivity contribution in [2.75, 3.05) is 6.26 Å². The SMILES string of the molecule is CS(=O)(=O)NCc1ccc(F)cc1. The average molecular weight is 203 g/mol. The molecule has 1 rings (SSSR count). The van der Waals surface area contributed by atoms with Crippen LogP contribution in [0.4, 0.5) is 4.39 Å². The smallest absolute Gasteiger partial charge is 0.209 e. The summed E-state index contributed by atoms with van der Waals surface area (Å²) in [5.41, 5.74) is 0.729. The van der Waals surface area contributed by atoms with Crippen LogP contribution in [0.3, 0.4) is 0 Å². The van der Waals surface area contributed by atoms with Gasteiger partial charge in [-0.2, -0.15) is 0 Å². The van der Waals surface area contributed by atoms with E-state index in [1.165, 1.54) is 24.3 Å². The van der Waals surface area contributed by atoms with Gasteiger partial charge in [0.15, 0.2) is 0 Å². The Morgan fingerprint density at radius 2 is 1.85 bits per heavy atom. The topological polar surface area (TPSA) is 46.2 Å². The number of benzene rings is 1. The molecule has 1 N–H and O–H groups in total. The third kappa shape index (κ3) is 4.00. The van der Waals surface area contributed by atoms with Crippen LogP contribution in [-0.4, -0.2) is 14.7 Å². The molecule has 0 aliphatic rings. The van der Waals surface area contributed by atoms with Gasteiger partial charge in [-0.15, -0.1) is 0 Å². The van der Waals surface area contributed by atoms with E-state index in [9.17, 15) is 12.8 Å². The predicted molar refractivity (Wildman–Crippen MR) is 48.1 cm³/mol. The third-order valence-corrected chi connectivity index (χ3v) is 2.12. The lowest BCUT2D eigenvalue weighted by atomic mass is 10.2. The summed E-state index contributed by atoms with van der Waals surface area (Å²) in [5.74, 6) is -0.330. The van der Waals surface area contributed by atoms with Gasteiger partial charge in [0.05, 0.1) is 6.26 Å². The van der Waals surface area contributed by atoms with Crippen molar-refractivity contribution >= 4 is 10.0 Å². The van der Waals surface area contributed by atoms with Crippen LogP contribution >= 0.6 is 0 Å². The Morgan fingerprint density at radius 3 is 2.31 bits per heavy atom. The number of sulfonamides is 1. The molecule has 72 valence electrons. The first-order chi connectivity index (χ1) is 5.97. The molecule has 13 heavy (non-hydrogen) atoms. The third-order valence-electron chi connectivity index (χ3n) is 1.45. The van der Waals surface area contributed by atoms with Crippen molar-refractivity contribution in [3.63, 3.8) is 0 Å². The van der Waals surface area contributed by atoms with Crippen LogP contribution < -0.4 is 4.72 Å². The zero-order valence-corrected chi connectivity index (χ0v) is 7.94. The van der Waals surface area contributed by atoms with E-state index < -0.39 is 10.0 Å². The van der Waals surface area contributed by atoms with Crippen LogP contribution in [0.25, 0.3) is 0 Å². The summed E-state index contributed by atoms with van der Waals surface area (Å²) in [6.07, 6.45) is 1.08. The second kappa shape index (κ2) is 3.85. The minimum atomic E-state index is -3.18. The molecule has 3 nitrogen and oxygen atoms in total. The summed E-state index contributed by atoms with van der Waals surface area (Å²) < 4.78 is 36.1.